The van der Waals surface area contributed by atoms with Crippen molar-refractivity contribution in [3.63, 3.8) is 0 Å². The SMILES string of the molecule is NC(=O)c1sc2ccccc2c1C1CCN(C(=O)Cn2nnc3ccccc32)C1. The Balaban J connectivity index is 1.39. The zero-order chi connectivity index (χ0) is 20.0. The second-order valence-electron chi connectivity index (χ2n) is 7.27. The second kappa shape index (κ2) is 6.97. The highest BCUT2D eigenvalue weighted by atomic mass is 32.1. The number of rotatable bonds is 4. The molecule has 0 aliphatic carbocycles. The molecular formula is C21H19N5O2S. The predicted octanol–water partition coefficient (Wildman–Crippen LogP) is 2.76. The molecule has 4 aromatic rings. The maximum absolute atomic E-state index is 12.9. The Labute approximate surface area is 170 Å². The van der Waals surface area contributed by atoms with E-state index in [0.717, 1.165) is 33.1 Å². The Hall–Kier alpha value is -3.26. The van der Waals surface area contributed by atoms with Gasteiger partial charge in [0.05, 0.1) is 10.4 Å². The van der Waals surface area contributed by atoms with Crippen molar-refractivity contribution in [2.45, 2.75) is 18.9 Å². The highest BCUT2D eigenvalue weighted by molar-refractivity contribution is 7.21. The number of amides is 2. The van der Waals surface area contributed by atoms with Crippen LogP contribution < -0.4 is 5.73 Å². The minimum absolute atomic E-state index is 0.00307. The first kappa shape index (κ1) is 17.8. The summed E-state index contributed by atoms with van der Waals surface area (Å²) in [5.41, 5.74) is 8.26. The first-order chi connectivity index (χ1) is 14.1. The number of nitrogens with zero attached hydrogens (tertiary/aromatic N) is 4. The summed E-state index contributed by atoms with van der Waals surface area (Å²) in [6.45, 7) is 1.38. The van der Waals surface area contributed by atoms with Crippen molar-refractivity contribution in [1.29, 1.82) is 0 Å². The number of hydrogen-bond acceptors (Lipinski definition) is 5. The third-order valence-electron chi connectivity index (χ3n) is 5.51. The molecule has 1 aliphatic rings. The third kappa shape index (κ3) is 3.05. The molecule has 0 radical (unpaired) electrons. The van der Waals surface area contributed by atoms with Gasteiger partial charge >= 0.3 is 0 Å². The lowest BCUT2D eigenvalue weighted by molar-refractivity contribution is -0.130. The topological polar surface area (TPSA) is 94.1 Å². The molecule has 7 nitrogen and oxygen atoms in total. The van der Waals surface area contributed by atoms with Gasteiger partial charge in [-0.05, 0) is 35.6 Å². The average molecular weight is 405 g/mol. The Morgan fingerprint density at radius 2 is 1.93 bits per heavy atom. The van der Waals surface area contributed by atoms with E-state index >= 15 is 0 Å². The normalized spacial score (nSPS) is 16.7. The molecule has 2 aromatic heterocycles. The molecule has 2 aromatic carbocycles. The van der Waals surface area contributed by atoms with Gasteiger partial charge in [0.25, 0.3) is 5.91 Å². The van der Waals surface area contributed by atoms with Crippen LogP contribution in [0.3, 0.4) is 0 Å². The molecule has 2 amide bonds. The molecule has 3 heterocycles. The van der Waals surface area contributed by atoms with Crippen LogP contribution >= 0.6 is 11.3 Å². The minimum atomic E-state index is -0.403. The Kier molecular flexibility index (Phi) is 4.28. The first-order valence-corrected chi connectivity index (χ1v) is 10.3. The van der Waals surface area contributed by atoms with Gasteiger partial charge in [-0.3, -0.25) is 9.59 Å². The van der Waals surface area contributed by atoms with Gasteiger partial charge in [0.1, 0.15) is 12.1 Å². The summed E-state index contributed by atoms with van der Waals surface area (Å²) < 4.78 is 2.69. The number of primary amides is 1. The fraction of sp³-hybridized carbons (Fsp3) is 0.238. The molecule has 1 saturated heterocycles. The second-order valence-corrected chi connectivity index (χ2v) is 8.32. The number of carbonyl (C=O) groups excluding carboxylic acids is 2. The van der Waals surface area contributed by atoms with Crippen LogP contribution in [0.15, 0.2) is 48.5 Å². The fourth-order valence-corrected chi connectivity index (χ4v) is 5.28. The molecule has 5 rings (SSSR count). The highest BCUT2D eigenvalue weighted by Gasteiger charge is 2.32. The third-order valence-corrected chi connectivity index (χ3v) is 6.71. The van der Waals surface area contributed by atoms with E-state index in [9.17, 15) is 9.59 Å². The molecule has 146 valence electrons. The number of likely N-dealkylation sites (tertiary alicyclic amines) is 1. The van der Waals surface area contributed by atoms with Gasteiger partial charge in [-0.2, -0.15) is 0 Å². The Morgan fingerprint density at radius 1 is 1.14 bits per heavy atom. The van der Waals surface area contributed by atoms with Crippen LogP contribution in [0.4, 0.5) is 0 Å². The van der Waals surface area contributed by atoms with Gasteiger partial charge in [-0.15, -0.1) is 16.4 Å². The summed E-state index contributed by atoms with van der Waals surface area (Å²) >= 11 is 1.43. The molecule has 0 spiro atoms. The number of para-hydroxylation sites is 1. The van der Waals surface area contributed by atoms with Crippen LogP contribution in [0.2, 0.25) is 0 Å². The molecular weight excluding hydrogens is 386 g/mol. The van der Waals surface area contributed by atoms with Crippen LogP contribution in [0.1, 0.15) is 27.6 Å². The summed E-state index contributed by atoms with van der Waals surface area (Å²) in [6, 6.07) is 15.6. The minimum Gasteiger partial charge on any atom is -0.365 e. The van der Waals surface area contributed by atoms with Crippen molar-refractivity contribution in [2.24, 2.45) is 5.73 Å². The number of carbonyl (C=O) groups is 2. The van der Waals surface area contributed by atoms with E-state index in [0.29, 0.717) is 18.0 Å². The molecule has 2 N–H and O–H groups in total. The van der Waals surface area contributed by atoms with Gasteiger partial charge in [0.2, 0.25) is 5.91 Å². The maximum atomic E-state index is 12.9. The lowest BCUT2D eigenvalue weighted by Crippen LogP contribution is -2.32. The Morgan fingerprint density at radius 3 is 2.79 bits per heavy atom. The van der Waals surface area contributed by atoms with Crippen molar-refractivity contribution < 1.29 is 9.59 Å². The fourth-order valence-electron chi connectivity index (χ4n) is 4.14. The van der Waals surface area contributed by atoms with E-state index in [4.69, 9.17) is 5.73 Å². The van der Waals surface area contributed by atoms with Gasteiger partial charge in [0, 0.05) is 23.7 Å². The van der Waals surface area contributed by atoms with Crippen molar-refractivity contribution in [3.05, 3.63) is 59.0 Å². The van der Waals surface area contributed by atoms with Gasteiger partial charge in [-0.25, -0.2) is 4.68 Å². The van der Waals surface area contributed by atoms with Crippen LogP contribution in [-0.2, 0) is 11.3 Å². The summed E-state index contributed by atoms with van der Waals surface area (Å²) in [7, 11) is 0. The Bertz CT molecular complexity index is 1240. The van der Waals surface area contributed by atoms with Gasteiger partial charge in [0.15, 0.2) is 0 Å². The molecule has 29 heavy (non-hydrogen) atoms. The smallest absolute Gasteiger partial charge is 0.259 e. The van der Waals surface area contributed by atoms with E-state index in [1.54, 1.807) is 4.68 Å². The summed E-state index contributed by atoms with van der Waals surface area (Å²) in [5.74, 6) is -0.298. The van der Waals surface area contributed by atoms with E-state index in [-0.39, 0.29) is 18.4 Å². The molecule has 1 unspecified atom stereocenters. The summed E-state index contributed by atoms with van der Waals surface area (Å²) in [4.78, 5) is 27.4. The van der Waals surface area contributed by atoms with Crippen LogP contribution in [0.25, 0.3) is 21.1 Å². The zero-order valence-electron chi connectivity index (χ0n) is 15.6. The van der Waals surface area contributed by atoms with E-state index in [1.165, 1.54) is 11.3 Å². The van der Waals surface area contributed by atoms with Crippen LogP contribution in [0.5, 0.6) is 0 Å². The monoisotopic (exact) mass is 405 g/mol. The van der Waals surface area contributed by atoms with Crippen LogP contribution in [0, 0.1) is 0 Å². The average Bonchev–Trinajstić information content (AvgIpc) is 3.44. The van der Waals surface area contributed by atoms with E-state index < -0.39 is 5.91 Å². The molecule has 0 bridgehead atoms. The van der Waals surface area contributed by atoms with Crippen molar-refractivity contribution >= 4 is 44.3 Å². The van der Waals surface area contributed by atoms with Gasteiger partial charge < -0.3 is 10.6 Å². The van der Waals surface area contributed by atoms with Gasteiger partial charge in [-0.1, -0.05) is 35.5 Å². The number of aromatic nitrogens is 3. The number of benzene rings is 2. The summed E-state index contributed by atoms with van der Waals surface area (Å²) in [5, 5.41) is 9.29. The lowest BCUT2D eigenvalue weighted by Gasteiger charge is -2.17. The number of thiophene rings is 1. The molecule has 1 atom stereocenters. The van der Waals surface area contributed by atoms with Crippen LogP contribution in [-0.4, -0.2) is 44.8 Å². The lowest BCUT2D eigenvalue weighted by atomic mass is 9.95. The number of hydrogen-bond donors (Lipinski definition) is 1. The predicted molar refractivity (Wildman–Crippen MR) is 112 cm³/mol. The van der Waals surface area contributed by atoms with Crippen molar-refractivity contribution in [1.82, 2.24) is 19.9 Å². The van der Waals surface area contributed by atoms with Crippen molar-refractivity contribution in [2.75, 3.05) is 13.1 Å². The molecule has 8 heteroatoms. The number of fused-ring (bicyclic) bond motifs is 2. The zero-order valence-corrected chi connectivity index (χ0v) is 16.4. The largest absolute Gasteiger partial charge is 0.365 e. The van der Waals surface area contributed by atoms with Crippen molar-refractivity contribution in [3.8, 4) is 0 Å². The quantitative estimate of drug-likeness (QED) is 0.565. The molecule has 0 saturated carbocycles. The van der Waals surface area contributed by atoms with E-state index in [2.05, 4.69) is 10.3 Å². The maximum Gasteiger partial charge on any atom is 0.259 e. The summed E-state index contributed by atoms with van der Waals surface area (Å²) in [6.07, 6.45) is 0.810. The number of nitrogens with two attached hydrogens (primary N) is 1. The standard InChI is InChI=1S/C21H19N5O2S/c22-21(28)20-19(14-5-1-4-8-17(14)29-20)13-9-10-25(11-13)18(27)12-26-16-7-3-2-6-15(16)23-24-26/h1-8,13H,9-12H2,(H2,22,28). The molecule has 1 aliphatic heterocycles. The first-order valence-electron chi connectivity index (χ1n) is 9.49. The van der Waals surface area contributed by atoms with E-state index in [1.807, 2.05) is 53.4 Å². The molecule has 1 fully saturated rings. The highest BCUT2D eigenvalue weighted by Crippen LogP contribution is 2.39.